The molecule has 2 aliphatic rings. The van der Waals surface area contributed by atoms with Crippen molar-refractivity contribution in [2.75, 3.05) is 26.2 Å². The molecular formula is C20H23FN4O. The Balaban J connectivity index is 1.26. The predicted molar refractivity (Wildman–Crippen MR) is 95.6 cm³/mol. The zero-order valence-electron chi connectivity index (χ0n) is 14.7. The molecule has 1 aromatic heterocycles. The number of halogens is 1. The highest BCUT2D eigenvalue weighted by atomic mass is 19.1. The van der Waals surface area contributed by atoms with Crippen LogP contribution in [0.15, 0.2) is 43.0 Å². The van der Waals surface area contributed by atoms with Gasteiger partial charge in [0.2, 0.25) is 5.91 Å². The molecule has 1 aromatic carbocycles. The predicted octanol–water partition coefficient (Wildman–Crippen LogP) is 2.14. The Kier molecular flexibility index (Phi) is 4.93. The number of likely N-dealkylation sites (tertiary alicyclic amines) is 2. The molecule has 6 heteroatoms. The van der Waals surface area contributed by atoms with Gasteiger partial charge in [-0.15, -0.1) is 0 Å². The summed E-state index contributed by atoms with van der Waals surface area (Å²) in [6, 6.07) is 6.82. The van der Waals surface area contributed by atoms with Crippen molar-refractivity contribution in [1.82, 2.24) is 19.8 Å². The summed E-state index contributed by atoms with van der Waals surface area (Å²) >= 11 is 0. The number of rotatable bonds is 5. The fourth-order valence-corrected chi connectivity index (χ4v) is 4.18. The van der Waals surface area contributed by atoms with Gasteiger partial charge in [-0.3, -0.25) is 9.69 Å². The van der Waals surface area contributed by atoms with E-state index in [1.165, 1.54) is 12.4 Å². The lowest BCUT2D eigenvalue weighted by Crippen LogP contribution is -2.33. The number of nitrogens with zero attached hydrogens (tertiary/aromatic N) is 4. The van der Waals surface area contributed by atoms with Crippen LogP contribution in [0.1, 0.15) is 17.5 Å². The number of amides is 1. The summed E-state index contributed by atoms with van der Waals surface area (Å²) in [6.45, 7) is 4.44. The van der Waals surface area contributed by atoms with Crippen molar-refractivity contribution in [2.24, 2.45) is 11.8 Å². The molecule has 26 heavy (non-hydrogen) atoms. The van der Waals surface area contributed by atoms with Crippen molar-refractivity contribution < 1.29 is 9.18 Å². The van der Waals surface area contributed by atoms with E-state index in [-0.39, 0.29) is 11.7 Å². The van der Waals surface area contributed by atoms with E-state index in [0.29, 0.717) is 24.7 Å². The summed E-state index contributed by atoms with van der Waals surface area (Å²) in [6.07, 6.45) is 6.24. The Hall–Kier alpha value is -2.34. The Morgan fingerprint density at radius 2 is 1.81 bits per heavy atom. The van der Waals surface area contributed by atoms with E-state index in [2.05, 4.69) is 14.9 Å². The van der Waals surface area contributed by atoms with Crippen LogP contribution in [-0.2, 0) is 17.8 Å². The van der Waals surface area contributed by atoms with Gasteiger partial charge in [-0.1, -0.05) is 12.1 Å². The van der Waals surface area contributed by atoms with Gasteiger partial charge in [-0.25, -0.2) is 14.4 Å². The number of benzene rings is 1. The quantitative estimate of drug-likeness (QED) is 0.825. The number of aromatic nitrogens is 2. The van der Waals surface area contributed by atoms with Gasteiger partial charge < -0.3 is 4.90 Å². The Morgan fingerprint density at radius 1 is 1.08 bits per heavy atom. The van der Waals surface area contributed by atoms with Crippen LogP contribution in [0.25, 0.3) is 0 Å². The molecule has 0 aliphatic carbocycles. The van der Waals surface area contributed by atoms with E-state index >= 15 is 0 Å². The summed E-state index contributed by atoms with van der Waals surface area (Å²) in [4.78, 5) is 24.9. The van der Waals surface area contributed by atoms with Crippen molar-refractivity contribution in [3.8, 4) is 0 Å². The van der Waals surface area contributed by atoms with Gasteiger partial charge in [0.15, 0.2) is 0 Å². The number of fused-ring (bicyclic) bond motifs is 1. The molecule has 136 valence electrons. The molecule has 2 aliphatic heterocycles. The van der Waals surface area contributed by atoms with Crippen LogP contribution in [0.2, 0.25) is 0 Å². The van der Waals surface area contributed by atoms with Crippen LogP contribution in [0.4, 0.5) is 4.39 Å². The van der Waals surface area contributed by atoms with Crippen molar-refractivity contribution in [3.05, 3.63) is 59.9 Å². The minimum Gasteiger partial charge on any atom is -0.342 e. The molecule has 5 nitrogen and oxygen atoms in total. The van der Waals surface area contributed by atoms with Gasteiger partial charge >= 0.3 is 0 Å². The van der Waals surface area contributed by atoms with Gasteiger partial charge in [0.05, 0.1) is 0 Å². The molecule has 2 atom stereocenters. The van der Waals surface area contributed by atoms with E-state index in [4.69, 9.17) is 0 Å². The molecule has 4 rings (SSSR count). The average molecular weight is 354 g/mol. The fraction of sp³-hybridized carbons (Fsp3) is 0.450. The molecule has 2 unspecified atom stereocenters. The minimum atomic E-state index is -0.178. The van der Waals surface area contributed by atoms with Gasteiger partial charge in [-0.2, -0.15) is 0 Å². The maximum atomic E-state index is 13.3. The first-order valence-corrected chi connectivity index (χ1v) is 9.16. The van der Waals surface area contributed by atoms with Crippen molar-refractivity contribution in [3.63, 3.8) is 0 Å². The molecule has 0 spiro atoms. The van der Waals surface area contributed by atoms with E-state index in [0.717, 1.165) is 43.9 Å². The van der Waals surface area contributed by atoms with E-state index in [1.54, 1.807) is 24.5 Å². The zero-order valence-corrected chi connectivity index (χ0v) is 14.7. The number of aryl methyl sites for hydroxylation is 1. The molecule has 0 radical (unpaired) electrons. The topological polar surface area (TPSA) is 49.3 Å². The highest BCUT2D eigenvalue weighted by molar-refractivity contribution is 5.76. The average Bonchev–Trinajstić information content (AvgIpc) is 3.19. The normalized spacial score (nSPS) is 22.6. The monoisotopic (exact) mass is 354 g/mol. The summed E-state index contributed by atoms with van der Waals surface area (Å²) in [5.74, 6) is 1.11. The molecule has 0 bridgehead atoms. The van der Waals surface area contributed by atoms with Gasteiger partial charge in [0, 0.05) is 51.5 Å². The van der Waals surface area contributed by atoms with Crippen LogP contribution in [0, 0.1) is 17.7 Å². The molecule has 2 aromatic rings. The smallest absolute Gasteiger partial charge is 0.222 e. The highest BCUT2D eigenvalue weighted by Gasteiger charge is 2.41. The summed E-state index contributed by atoms with van der Waals surface area (Å²) in [7, 11) is 0. The van der Waals surface area contributed by atoms with Crippen LogP contribution in [0.5, 0.6) is 0 Å². The lowest BCUT2D eigenvalue weighted by molar-refractivity contribution is -0.130. The second-order valence-corrected chi connectivity index (χ2v) is 7.39. The fourth-order valence-electron chi connectivity index (χ4n) is 4.18. The molecular weight excluding hydrogens is 331 g/mol. The maximum absolute atomic E-state index is 13.3. The first-order chi connectivity index (χ1) is 12.7. The van der Waals surface area contributed by atoms with Crippen LogP contribution in [-0.4, -0.2) is 51.9 Å². The molecule has 3 heterocycles. The second-order valence-electron chi connectivity index (χ2n) is 7.39. The summed E-state index contributed by atoms with van der Waals surface area (Å²) in [5.41, 5.74) is 2.02. The molecule has 1 amide bonds. The molecule has 2 fully saturated rings. The van der Waals surface area contributed by atoms with Crippen LogP contribution < -0.4 is 0 Å². The number of carbonyl (C=O) groups is 1. The van der Waals surface area contributed by atoms with Crippen molar-refractivity contribution >= 4 is 5.91 Å². The molecule has 0 saturated carbocycles. The minimum absolute atomic E-state index is 0.178. The summed E-state index contributed by atoms with van der Waals surface area (Å²) < 4.78 is 13.3. The van der Waals surface area contributed by atoms with Crippen molar-refractivity contribution in [1.29, 1.82) is 0 Å². The largest absolute Gasteiger partial charge is 0.342 e. The second kappa shape index (κ2) is 7.50. The van der Waals surface area contributed by atoms with Gasteiger partial charge in [0.1, 0.15) is 12.1 Å². The third-order valence-corrected chi connectivity index (χ3v) is 5.45. The lowest BCUT2D eigenvalue weighted by atomic mass is 10.0. The third-order valence-electron chi connectivity index (χ3n) is 5.45. The van der Waals surface area contributed by atoms with E-state index < -0.39 is 0 Å². The Labute approximate surface area is 152 Å². The number of hydrogen-bond donors (Lipinski definition) is 0. The lowest BCUT2D eigenvalue weighted by Gasteiger charge is -2.21. The van der Waals surface area contributed by atoms with Crippen LogP contribution >= 0.6 is 0 Å². The third kappa shape index (κ3) is 3.90. The number of carbonyl (C=O) groups excluding carboxylic acids is 1. The Bertz CT molecular complexity index is 755. The van der Waals surface area contributed by atoms with Crippen molar-refractivity contribution in [2.45, 2.75) is 19.4 Å². The first-order valence-electron chi connectivity index (χ1n) is 9.16. The number of hydrogen-bond acceptors (Lipinski definition) is 4. The highest BCUT2D eigenvalue weighted by Crippen LogP contribution is 2.32. The summed E-state index contributed by atoms with van der Waals surface area (Å²) in [5, 5.41) is 0. The Morgan fingerprint density at radius 3 is 2.50 bits per heavy atom. The van der Waals surface area contributed by atoms with E-state index in [9.17, 15) is 9.18 Å². The zero-order chi connectivity index (χ0) is 17.9. The van der Waals surface area contributed by atoms with Gasteiger partial charge in [-0.05, 0) is 41.5 Å². The van der Waals surface area contributed by atoms with E-state index in [1.807, 2.05) is 11.0 Å². The maximum Gasteiger partial charge on any atom is 0.222 e. The van der Waals surface area contributed by atoms with Crippen LogP contribution in [0.3, 0.4) is 0 Å². The molecule has 0 N–H and O–H groups in total. The molecule has 2 saturated heterocycles. The van der Waals surface area contributed by atoms with Gasteiger partial charge in [0.25, 0.3) is 0 Å². The first kappa shape index (κ1) is 17.1. The SMILES string of the molecule is O=C(CCc1cncnc1)N1CC2CN(Cc3cccc(F)c3)CC2C1. The standard InChI is InChI=1S/C20H23FN4O/c21-19-3-1-2-15(6-19)9-24-10-17-12-25(13-18(17)11-24)20(26)5-4-16-7-22-14-23-8-16/h1-3,6-8,14,17-18H,4-5,9-13H2.